The van der Waals surface area contributed by atoms with Crippen molar-refractivity contribution < 1.29 is 14.3 Å². The van der Waals surface area contributed by atoms with E-state index in [-0.39, 0.29) is 0 Å². The van der Waals surface area contributed by atoms with E-state index in [4.69, 9.17) is 4.74 Å². The SMILES string of the molecule is COc1ccc([C@@]2(C)NC(=O)N(/N=C\c3ccc(N4CCCCC4)cc3)C2=O)cc1. The lowest BCUT2D eigenvalue weighted by Crippen LogP contribution is -2.40. The van der Waals surface area contributed by atoms with E-state index < -0.39 is 17.5 Å². The van der Waals surface area contributed by atoms with Crippen molar-refractivity contribution in [2.24, 2.45) is 5.10 Å². The molecule has 7 nitrogen and oxygen atoms in total. The minimum absolute atomic E-state index is 0.418. The Labute approximate surface area is 176 Å². The monoisotopic (exact) mass is 406 g/mol. The van der Waals surface area contributed by atoms with Crippen molar-refractivity contribution in [1.82, 2.24) is 10.3 Å². The van der Waals surface area contributed by atoms with Crippen LogP contribution in [0, 0.1) is 0 Å². The van der Waals surface area contributed by atoms with Crippen molar-refractivity contribution >= 4 is 23.8 Å². The van der Waals surface area contributed by atoms with Gasteiger partial charge < -0.3 is 15.0 Å². The molecule has 1 N–H and O–H groups in total. The number of benzene rings is 2. The molecule has 2 aliphatic rings. The van der Waals surface area contributed by atoms with Crippen molar-refractivity contribution in [3.63, 3.8) is 0 Å². The van der Waals surface area contributed by atoms with Crippen molar-refractivity contribution in [3.8, 4) is 5.75 Å². The number of hydrazone groups is 1. The molecule has 0 bridgehead atoms. The topological polar surface area (TPSA) is 74.2 Å². The van der Waals surface area contributed by atoms with Crippen LogP contribution in [0.5, 0.6) is 5.75 Å². The van der Waals surface area contributed by atoms with Crippen LogP contribution < -0.4 is 15.0 Å². The summed E-state index contributed by atoms with van der Waals surface area (Å²) in [5.41, 5.74) is 1.52. The van der Waals surface area contributed by atoms with Gasteiger partial charge in [0.25, 0.3) is 5.91 Å². The predicted octanol–water partition coefficient (Wildman–Crippen LogP) is 3.49. The molecule has 30 heavy (non-hydrogen) atoms. The van der Waals surface area contributed by atoms with Gasteiger partial charge in [0.15, 0.2) is 0 Å². The summed E-state index contributed by atoms with van der Waals surface area (Å²) in [5, 5.41) is 7.80. The van der Waals surface area contributed by atoms with Crippen LogP contribution in [-0.4, -0.2) is 43.4 Å². The first-order valence-electron chi connectivity index (χ1n) is 10.2. The minimum atomic E-state index is -1.17. The van der Waals surface area contributed by atoms with E-state index >= 15 is 0 Å². The molecule has 156 valence electrons. The fourth-order valence-corrected chi connectivity index (χ4v) is 3.90. The smallest absolute Gasteiger partial charge is 0.346 e. The van der Waals surface area contributed by atoms with Gasteiger partial charge in [0.1, 0.15) is 11.3 Å². The second kappa shape index (κ2) is 8.18. The Morgan fingerprint density at radius 2 is 1.67 bits per heavy atom. The lowest BCUT2D eigenvalue weighted by molar-refractivity contribution is -0.131. The van der Waals surface area contributed by atoms with Crippen LogP contribution in [-0.2, 0) is 10.3 Å². The maximum Gasteiger partial charge on any atom is 0.346 e. The molecule has 2 fully saturated rings. The molecule has 0 aliphatic carbocycles. The van der Waals surface area contributed by atoms with Gasteiger partial charge in [0.2, 0.25) is 0 Å². The summed E-state index contributed by atoms with van der Waals surface area (Å²) in [6.07, 6.45) is 5.28. The number of ether oxygens (including phenoxy) is 1. The molecule has 2 heterocycles. The predicted molar refractivity (Wildman–Crippen MR) is 116 cm³/mol. The number of urea groups is 1. The number of amides is 3. The molecule has 3 amide bonds. The van der Waals surface area contributed by atoms with E-state index in [1.165, 1.54) is 31.2 Å². The van der Waals surface area contributed by atoms with Crippen molar-refractivity contribution in [2.75, 3.05) is 25.1 Å². The Hall–Kier alpha value is -3.35. The highest BCUT2D eigenvalue weighted by Gasteiger charge is 2.49. The Morgan fingerprint density at radius 1 is 1.00 bits per heavy atom. The molecule has 0 aromatic heterocycles. The van der Waals surface area contributed by atoms with Gasteiger partial charge in [0, 0.05) is 18.8 Å². The van der Waals surface area contributed by atoms with E-state index in [0.717, 1.165) is 23.7 Å². The number of imide groups is 1. The third kappa shape index (κ3) is 3.75. The van der Waals surface area contributed by atoms with Crippen LogP contribution in [0.15, 0.2) is 53.6 Å². The van der Waals surface area contributed by atoms with E-state index in [1.54, 1.807) is 38.3 Å². The Kier molecular flexibility index (Phi) is 5.44. The maximum atomic E-state index is 13.0. The number of nitrogens with one attached hydrogen (secondary N) is 1. The standard InChI is InChI=1S/C23H26N4O3/c1-23(18-8-12-20(30-2)13-9-18)21(28)27(22(29)25-23)24-16-17-6-10-19(11-7-17)26-14-4-3-5-15-26/h6-13,16H,3-5,14-15H2,1-2H3,(H,25,29)/b24-16-/t23-/m1/s1. The third-order valence-corrected chi connectivity index (χ3v) is 5.77. The summed E-state index contributed by atoms with van der Waals surface area (Å²) in [6.45, 7) is 3.84. The number of carbonyl (C=O) groups excluding carboxylic acids is 2. The van der Waals surface area contributed by atoms with E-state index in [1.807, 2.05) is 12.1 Å². The number of anilines is 1. The third-order valence-electron chi connectivity index (χ3n) is 5.77. The molecule has 7 heteroatoms. The van der Waals surface area contributed by atoms with Gasteiger partial charge >= 0.3 is 6.03 Å². The molecular formula is C23H26N4O3. The zero-order valence-corrected chi connectivity index (χ0v) is 17.3. The fourth-order valence-electron chi connectivity index (χ4n) is 3.90. The van der Waals surface area contributed by atoms with Gasteiger partial charge in [-0.15, -0.1) is 5.01 Å². The maximum absolute atomic E-state index is 13.0. The normalized spacial score (nSPS) is 21.9. The number of methoxy groups -OCH3 is 1. The molecule has 2 saturated heterocycles. The summed E-state index contributed by atoms with van der Waals surface area (Å²) in [5.74, 6) is 0.265. The van der Waals surface area contributed by atoms with Crippen molar-refractivity contribution in [2.45, 2.75) is 31.7 Å². The Bertz CT molecular complexity index is 949. The molecule has 0 saturated carbocycles. The van der Waals surface area contributed by atoms with Crippen molar-refractivity contribution in [1.29, 1.82) is 0 Å². The Balaban J connectivity index is 1.48. The fraction of sp³-hybridized carbons (Fsp3) is 0.348. The minimum Gasteiger partial charge on any atom is -0.497 e. The summed E-state index contributed by atoms with van der Waals surface area (Å²) < 4.78 is 5.16. The van der Waals surface area contributed by atoms with Gasteiger partial charge in [-0.25, -0.2) is 4.79 Å². The summed E-state index contributed by atoms with van der Waals surface area (Å²) in [7, 11) is 1.58. The molecule has 0 radical (unpaired) electrons. The van der Waals surface area contributed by atoms with Gasteiger partial charge in [0.05, 0.1) is 13.3 Å². The van der Waals surface area contributed by atoms with Crippen molar-refractivity contribution in [3.05, 3.63) is 59.7 Å². The van der Waals surface area contributed by atoms with Gasteiger partial charge in [-0.2, -0.15) is 5.10 Å². The molecule has 2 aromatic rings. The zero-order valence-electron chi connectivity index (χ0n) is 17.3. The number of rotatable bonds is 5. The first kappa shape index (κ1) is 19.9. The van der Waals surface area contributed by atoms with Gasteiger partial charge in [-0.1, -0.05) is 24.3 Å². The first-order valence-corrected chi connectivity index (χ1v) is 10.2. The lowest BCUT2D eigenvalue weighted by Gasteiger charge is -2.28. The number of carbonyl (C=O) groups is 2. The van der Waals surface area contributed by atoms with Crippen LogP contribution in [0.1, 0.15) is 37.3 Å². The number of hydrogen-bond acceptors (Lipinski definition) is 5. The Morgan fingerprint density at radius 3 is 2.30 bits per heavy atom. The molecule has 0 spiro atoms. The average Bonchev–Trinajstić information content (AvgIpc) is 3.02. The van der Waals surface area contributed by atoms with Gasteiger partial charge in [-0.3, -0.25) is 4.79 Å². The summed E-state index contributed by atoms with van der Waals surface area (Å²) >= 11 is 0. The van der Waals surface area contributed by atoms with Crippen LogP contribution in [0.25, 0.3) is 0 Å². The van der Waals surface area contributed by atoms with E-state index in [2.05, 4.69) is 27.5 Å². The highest BCUT2D eigenvalue weighted by Crippen LogP contribution is 2.30. The van der Waals surface area contributed by atoms with Gasteiger partial charge in [-0.05, 0) is 61.6 Å². The van der Waals surface area contributed by atoms with Crippen LogP contribution in [0.2, 0.25) is 0 Å². The molecule has 4 rings (SSSR count). The number of hydrogen-bond donors (Lipinski definition) is 1. The molecule has 0 unspecified atom stereocenters. The molecular weight excluding hydrogens is 380 g/mol. The first-order chi connectivity index (χ1) is 14.5. The highest BCUT2D eigenvalue weighted by atomic mass is 16.5. The zero-order chi connectivity index (χ0) is 21.1. The molecule has 1 atom stereocenters. The lowest BCUT2D eigenvalue weighted by atomic mass is 9.92. The summed E-state index contributed by atoms with van der Waals surface area (Å²) in [4.78, 5) is 27.8. The molecule has 2 aliphatic heterocycles. The van der Waals surface area contributed by atoms with Crippen LogP contribution in [0.4, 0.5) is 10.5 Å². The van der Waals surface area contributed by atoms with E-state index in [9.17, 15) is 9.59 Å². The largest absolute Gasteiger partial charge is 0.497 e. The van der Waals surface area contributed by atoms with E-state index in [0.29, 0.717) is 11.3 Å². The number of piperidine rings is 1. The highest BCUT2D eigenvalue weighted by molar-refractivity contribution is 6.07. The van der Waals surface area contributed by atoms with Crippen LogP contribution >= 0.6 is 0 Å². The summed E-state index contributed by atoms with van der Waals surface area (Å²) in [6, 6.07) is 14.5. The van der Waals surface area contributed by atoms with Crippen LogP contribution in [0.3, 0.4) is 0 Å². The molecule has 2 aromatic carbocycles. The second-order valence-corrected chi connectivity index (χ2v) is 7.78. The quantitative estimate of drug-likeness (QED) is 0.609. The number of nitrogens with zero attached hydrogens (tertiary/aromatic N) is 3. The second-order valence-electron chi connectivity index (χ2n) is 7.78. The average molecular weight is 406 g/mol.